The lowest BCUT2D eigenvalue weighted by molar-refractivity contribution is -0.384. The molecular formula is C11H17N5O2. The van der Waals surface area contributed by atoms with Gasteiger partial charge >= 0.3 is 5.69 Å². The molecule has 98 valence electrons. The predicted molar refractivity (Wildman–Crippen MR) is 69.4 cm³/mol. The molecule has 2 rings (SSSR count). The van der Waals surface area contributed by atoms with Crippen LogP contribution in [-0.2, 0) is 0 Å². The van der Waals surface area contributed by atoms with Crippen LogP contribution in [0.5, 0.6) is 0 Å². The maximum Gasteiger partial charge on any atom is 0.311 e. The van der Waals surface area contributed by atoms with Crippen molar-refractivity contribution in [2.75, 3.05) is 17.6 Å². The van der Waals surface area contributed by atoms with E-state index in [4.69, 9.17) is 5.73 Å². The molecule has 0 radical (unpaired) electrons. The zero-order chi connectivity index (χ0) is 13.1. The van der Waals surface area contributed by atoms with Gasteiger partial charge in [-0.1, -0.05) is 0 Å². The number of hydrogen-bond donors (Lipinski definition) is 3. The lowest BCUT2D eigenvalue weighted by Crippen LogP contribution is -2.46. The van der Waals surface area contributed by atoms with Crippen LogP contribution >= 0.6 is 0 Å². The number of hydrogen-bond acceptors (Lipinski definition) is 6. The van der Waals surface area contributed by atoms with Crippen molar-refractivity contribution in [3.63, 3.8) is 0 Å². The molecule has 4 N–H and O–H groups in total. The molecule has 0 saturated carbocycles. The molecule has 0 spiro atoms. The Morgan fingerprint density at radius 3 is 3.00 bits per heavy atom. The summed E-state index contributed by atoms with van der Waals surface area (Å²) in [6.07, 6.45) is 2.15. The van der Waals surface area contributed by atoms with Crippen molar-refractivity contribution in [2.45, 2.75) is 31.8 Å². The monoisotopic (exact) mass is 251 g/mol. The fraction of sp³-hybridized carbons (Fsp3) is 0.545. The maximum atomic E-state index is 10.6. The highest BCUT2D eigenvalue weighted by Crippen LogP contribution is 2.22. The summed E-state index contributed by atoms with van der Waals surface area (Å²) in [7, 11) is 0. The Bertz CT molecular complexity index is 451. The van der Waals surface area contributed by atoms with E-state index >= 15 is 0 Å². The quantitative estimate of drug-likeness (QED) is 0.549. The first-order chi connectivity index (χ1) is 8.58. The van der Waals surface area contributed by atoms with Crippen LogP contribution in [0.25, 0.3) is 0 Å². The van der Waals surface area contributed by atoms with E-state index in [1.165, 1.54) is 6.07 Å². The molecule has 0 amide bonds. The van der Waals surface area contributed by atoms with E-state index in [1.807, 2.05) is 0 Å². The van der Waals surface area contributed by atoms with Crippen LogP contribution in [0.15, 0.2) is 12.1 Å². The van der Waals surface area contributed by atoms with Gasteiger partial charge in [-0.3, -0.25) is 10.1 Å². The van der Waals surface area contributed by atoms with Gasteiger partial charge in [-0.25, -0.2) is 4.98 Å². The Balaban J connectivity index is 2.10. The van der Waals surface area contributed by atoms with E-state index in [2.05, 4.69) is 22.5 Å². The van der Waals surface area contributed by atoms with Gasteiger partial charge in [0.1, 0.15) is 5.82 Å². The molecule has 1 aromatic heterocycles. The molecule has 7 nitrogen and oxygen atoms in total. The third-order valence-corrected chi connectivity index (χ3v) is 3.19. The third-order valence-electron chi connectivity index (χ3n) is 3.19. The Kier molecular flexibility index (Phi) is 3.61. The van der Waals surface area contributed by atoms with Gasteiger partial charge in [0, 0.05) is 18.2 Å². The van der Waals surface area contributed by atoms with E-state index in [0.29, 0.717) is 11.9 Å². The van der Waals surface area contributed by atoms with Gasteiger partial charge in [-0.2, -0.15) is 0 Å². The lowest BCUT2D eigenvalue weighted by Gasteiger charge is -2.31. The van der Waals surface area contributed by atoms with E-state index in [-0.39, 0.29) is 17.5 Å². The van der Waals surface area contributed by atoms with Crippen molar-refractivity contribution >= 4 is 17.3 Å². The van der Waals surface area contributed by atoms with E-state index < -0.39 is 4.92 Å². The number of rotatable bonds is 3. The summed E-state index contributed by atoms with van der Waals surface area (Å²) in [5.41, 5.74) is 5.40. The minimum Gasteiger partial charge on any atom is -0.378 e. The minimum absolute atomic E-state index is 0.0542. The largest absolute Gasteiger partial charge is 0.378 e. The van der Waals surface area contributed by atoms with Gasteiger partial charge in [0.2, 0.25) is 5.82 Å². The van der Waals surface area contributed by atoms with Crippen LogP contribution in [0.4, 0.5) is 17.3 Å². The van der Waals surface area contributed by atoms with Crippen molar-refractivity contribution in [3.05, 3.63) is 22.2 Å². The zero-order valence-electron chi connectivity index (χ0n) is 10.2. The second-order valence-corrected chi connectivity index (χ2v) is 4.49. The number of pyridine rings is 1. The molecule has 1 aliphatic heterocycles. The molecule has 1 saturated heterocycles. The summed E-state index contributed by atoms with van der Waals surface area (Å²) in [5.74, 6) is 0.528. The molecule has 1 aromatic rings. The number of nitro groups is 1. The number of anilines is 2. The summed E-state index contributed by atoms with van der Waals surface area (Å²) in [6.45, 7) is 3.13. The summed E-state index contributed by atoms with van der Waals surface area (Å²) >= 11 is 0. The van der Waals surface area contributed by atoms with E-state index in [9.17, 15) is 10.1 Å². The lowest BCUT2D eigenvalue weighted by atomic mass is 10.00. The highest BCUT2D eigenvalue weighted by atomic mass is 16.6. The second-order valence-electron chi connectivity index (χ2n) is 4.49. The molecule has 1 fully saturated rings. The molecule has 1 aliphatic rings. The van der Waals surface area contributed by atoms with Crippen LogP contribution in [0.3, 0.4) is 0 Å². The topological polar surface area (TPSA) is 106 Å². The number of aromatic nitrogens is 1. The molecule has 0 aromatic carbocycles. The second kappa shape index (κ2) is 5.18. The number of nitrogen functional groups attached to an aromatic ring is 1. The predicted octanol–water partition coefficient (Wildman–Crippen LogP) is 1.12. The van der Waals surface area contributed by atoms with Crippen molar-refractivity contribution in [1.29, 1.82) is 0 Å². The normalized spacial score (nSPS) is 23.6. The summed E-state index contributed by atoms with van der Waals surface area (Å²) < 4.78 is 0. The average molecular weight is 251 g/mol. The first-order valence-corrected chi connectivity index (χ1v) is 5.99. The standard InChI is InChI=1S/C11H17N5O2/c1-7-8(3-2-6-13-7)14-10-5-4-9(16(17)18)11(12)15-10/h4-5,7-8,13H,2-3,6H2,1H3,(H3,12,14,15). The van der Waals surface area contributed by atoms with Gasteiger partial charge in [0.05, 0.1) is 4.92 Å². The van der Waals surface area contributed by atoms with Crippen molar-refractivity contribution in [3.8, 4) is 0 Å². The molecule has 2 unspecified atom stereocenters. The molecule has 2 heterocycles. The highest BCUT2D eigenvalue weighted by molar-refractivity contribution is 5.57. The third kappa shape index (κ3) is 2.67. The smallest absolute Gasteiger partial charge is 0.311 e. The van der Waals surface area contributed by atoms with Crippen molar-refractivity contribution in [2.24, 2.45) is 0 Å². The van der Waals surface area contributed by atoms with Crippen LogP contribution in [0, 0.1) is 10.1 Å². The van der Waals surface area contributed by atoms with Crippen LogP contribution in [-0.4, -0.2) is 28.5 Å². The van der Waals surface area contributed by atoms with Gasteiger partial charge in [-0.05, 0) is 32.4 Å². The zero-order valence-corrected chi connectivity index (χ0v) is 10.2. The number of nitrogens with two attached hydrogens (primary N) is 1. The highest BCUT2D eigenvalue weighted by Gasteiger charge is 2.21. The van der Waals surface area contributed by atoms with Crippen LogP contribution in [0.2, 0.25) is 0 Å². The summed E-state index contributed by atoms with van der Waals surface area (Å²) in [6, 6.07) is 3.59. The van der Waals surface area contributed by atoms with Crippen LogP contribution < -0.4 is 16.4 Å². The van der Waals surface area contributed by atoms with E-state index in [0.717, 1.165) is 19.4 Å². The van der Waals surface area contributed by atoms with Gasteiger partial charge in [-0.15, -0.1) is 0 Å². The Hall–Kier alpha value is -1.89. The maximum absolute atomic E-state index is 10.6. The first-order valence-electron chi connectivity index (χ1n) is 5.99. The Labute approximate surface area is 105 Å². The number of piperidine rings is 1. The minimum atomic E-state index is -0.531. The van der Waals surface area contributed by atoms with E-state index in [1.54, 1.807) is 6.07 Å². The fourth-order valence-electron chi connectivity index (χ4n) is 2.13. The molecule has 2 atom stereocenters. The van der Waals surface area contributed by atoms with Crippen molar-refractivity contribution < 1.29 is 4.92 Å². The molecule has 0 bridgehead atoms. The van der Waals surface area contributed by atoms with Gasteiger partial charge in [0.25, 0.3) is 0 Å². The molecular weight excluding hydrogens is 234 g/mol. The summed E-state index contributed by atoms with van der Waals surface area (Å²) in [4.78, 5) is 14.1. The SMILES string of the molecule is CC1NCCCC1Nc1ccc([N+](=O)[O-])c(N)n1. The Morgan fingerprint density at radius 1 is 1.61 bits per heavy atom. The molecule has 0 aliphatic carbocycles. The number of nitrogens with one attached hydrogen (secondary N) is 2. The average Bonchev–Trinajstić information content (AvgIpc) is 2.32. The van der Waals surface area contributed by atoms with Gasteiger partial charge in [0.15, 0.2) is 0 Å². The van der Waals surface area contributed by atoms with Gasteiger partial charge < -0.3 is 16.4 Å². The fourth-order valence-corrected chi connectivity index (χ4v) is 2.13. The summed E-state index contributed by atoms with van der Waals surface area (Å²) in [5, 5.41) is 17.3. The molecule has 7 heteroatoms. The Morgan fingerprint density at radius 2 is 2.39 bits per heavy atom. The number of nitrogens with zero attached hydrogens (tertiary/aromatic N) is 2. The molecule has 18 heavy (non-hydrogen) atoms. The van der Waals surface area contributed by atoms with Crippen molar-refractivity contribution in [1.82, 2.24) is 10.3 Å². The first kappa shape index (κ1) is 12.6. The van der Waals surface area contributed by atoms with Crippen LogP contribution in [0.1, 0.15) is 19.8 Å².